The van der Waals surface area contributed by atoms with Crippen molar-refractivity contribution in [3.8, 4) is 11.5 Å². The van der Waals surface area contributed by atoms with Crippen molar-refractivity contribution in [2.24, 2.45) is 0 Å². The van der Waals surface area contributed by atoms with E-state index in [0.717, 1.165) is 28.7 Å². The van der Waals surface area contributed by atoms with E-state index in [2.05, 4.69) is 74.4 Å². The fraction of sp³-hybridized carbons (Fsp3) is 0.0968. The Kier molecular flexibility index (Phi) is 9.40. The van der Waals surface area contributed by atoms with Crippen LogP contribution < -0.4 is 20.0 Å². The van der Waals surface area contributed by atoms with Crippen molar-refractivity contribution in [3.05, 3.63) is 142 Å². The van der Waals surface area contributed by atoms with Gasteiger partial charge in [-0.1, -0.05) is 0 Å². The normalized spacial score (nSPS) is 21.9. The Bertz CT molecular complexity index is 1280. The van der Waals surface area contributed by atoms with Gasteiger partial charge in [-0.2, -0.15) is 0 Å². The van der Waals surface area contributed by atoms with Crippen LogP contribution >= 0.6 is 0 Å². The quantitative estimate of drug-likeness (QED) is 0.405. The maximum Gasteiger partial charge on any atom is -1.00 e. The van der Waals surface area contributed by atoms with E-state index in [0.29, 0.717) is 0 Å². The van der Waals surface area contributed by atoms with E-state index in [4.69, 9.17) is 0 Å². The number of allylic oxidation sites excluding steroid dienone is 8. The van der Waals surface area contributed by atoms with E-state index < -0.39 is 18.4 Å². The number of nitrogens with one attached hydrogen (secondary N) is 2. The molecule has 0 bridgehead atoms. The van der Waals surface area contributed by atoms with Crippen LogP contribution in [-0.2, 0) is 18.4 Å². The molecule has 0 amide bonds. The minimum atomic E-state index is -2.18. The molecule has 2 aromatic rings. The van der Waals surface area contributed by atoms with Gasteiger partial charge in [-0.05, 0) is 0 Å². The van der Waals surface area contributed by atoms with Crippen molar-refractivity contribution in [2.75, 3.05) is 0 Å². The zero-order chi connectivity index (χ0) is 24.7. The van der Waals surface area contributed by atoms with E-state index in [-0.39, 0.29) is 36.0 Å². The smallest absolute Gasteiger partial charge is 1.00 e. The van der Waals surface area contributed by atoms with Crippen LogP contribution in [0.25, 0.3) is 12.2 Å². The Balaban J connectivity index is 0.00000320. The van der Waals surface area contributed by atoms with E-state index in [1.165, 1.54) is 3.88 Å². The number of halogens is 1. The predicted molar refractivity (Wildman–Crippen MR) is 144 cm³/mol. The summed E-state index contributed by atoms with van der Waals surface area (Å²) in [5.41, 5.74) is 3.84. The van der Waals surface area contributed by atoms with Crippen LogP contribution in [-0.4, -0.2) is 22.3 Å². The van der Waals surface area contributed by atoms with Crippen LogP contribution in [0.1, 0.15) is 17.5 Å². The van der Waals surface area contributed by atoms with Crippen LogP contribution in [0, 0.1) is 0 Å². The van der Waals surface area contributed by atoms with Crippen LogP contribution in [0.2, 0.25) is 0 Å². The molecule has 186 valence electrons. The molecule has 0 radical (unpaired) electrons. The maximum atomic E-state index is 10.3. The second kappa shape index (κ2) is 12.9. The molecule has 0 saturated carbocycles. The predicted octanol–water partition coefficient (Wildman–Crippen LogP) is 3.03. The summed E-state index contributed by atoms with van der Waals surface area (Å²) in [7, 11) is 0. The first-order valence-corrected chi connectivity index (χ1v) is 14.5. The van der Waals surface area contributed by atoms with Crippen molar-refractivity contribution in [1.29, 1.82) is 0 Å². The van der Waals surface area contributed by atoms with Crippen LogP contribution in [0.5, 0.6) is 11.5 Å². The fourth-order valence-electron chi connectivity index (χ4n) is 4.40. The van der Waals surface area contributed by atoms with E-state index >= 15 is 0 Å². The van der Waals surface area contributed by atoms with Crippen LogP contribution in [0.4, 0.5) is 0 Å². The van der Waals surface area contributed by atoms with Gasteiger partial charge in [-0.15, -0.1) is 0 Å². The van der Waals surface area contributed by atoms with Crippen molar-refractivity contribution in [2.45, 2.75) is 18.5 Å². The van der Waals surface area contributed by atoms with Crippen molar-refractivity contribution >= 4 is 12.2 Å². The van der Waals surface area contributed by atoms with Gasteiger partial charge >= 0.3 is 220 Å². The molecule has 0 fully saturated rings. The number of hydrogen-bond acceptors (Lipinski definition) is 4. The molecule has 4 nitrogen and oxygen atoms in total. The van der Waals surface area contributed by atoms with Crippen molar-refractivity contribution in [3.63, 3.8) is 0 Å². The fourth-order valence-corrected chi connectivity index (χ4v) is 7.82. The largest absolute Gasteiger partial charge is 1.00 e. The number of aromatic hydroxyl groups is 2. The molecule has 0 aromatic heterocycles. The first-order valence-electron chi connectivity index (χ1n) is 12.1. The van der Waals surface area contributed by atoms with Gasteiger partial charge in [0.25, 0.3) is 0 Å². The van der Waals surface area contributed by atoms with Gasteiger partial charge in [0.15, 0.2) is 0 Å². The Morgan fingerprint density at radius 3 is 1.68 bits per heavy atom. The van der Waals surface area contributed by atoms with E-state index in [9.17, 15) is 10.2 Å². The summed E-state index contributed by atoms with van der Waals surface area (Å²) in [5.74, 6) is 0.559. The topological polar surface area (TPSA) is 64.5 Å². The molecule has 37 heavy (non-hydrogen) atoms. The average molecular weight is 545 g/mol. The molecular weight excluding hydrogens is 516 g/mol. The SMILES string of the molecule is Oc1ccccc1C=C1C=CC=CC1[NH][Ti+]([NH]C1C=CC=CC1=Cc1ccccc1O)[C]1=CC=CC1.[Cl-]. The number of hydrogen-bond donors (Lipinski definition) is 4. The third kappa shape index (κ3) is 6.81. The summed E-state index contributed by atoms with van der Waals surface area (Å²) in [5, 5.41) is 20.6. The number of phenolic OH excluding ortho intramolecular Hbond substituents is 2. The Labute approximate surface area is 231 Å². The van der Waals surface area contributed by atoms with Gasteiger partial charge in [-0.3, -0.25) is 0 Å². The monoisotopic (exact) mass is 544 g/mol. The molecular formula is C31H29ClN2O2Ti. The summed E-state index contributed by atoms with van der Waals surface area (Å²) in [6, 6.07) is 14.9. The maximum absolute atomic E-state index is 10.3. The minimum Gasteiger partial charge on any atom is -1.00 e. The van der Waals surface area contributed by atoms with Gasteiger partial charge < -0.3 is 12.4 Å². The molecule has 2 unspecified atom stereocenters. The van der Waals surface area contributed by atoms with Gasteiger partial charge in [0, 0.05) is 0 Å². The summed E-state index contributed by atoms with van der Waals surface area (Å²) in [6.07, 6.45) is 28.4. The molecule has 3 aliphatic carbocycles. The molecule has 0 heterocycles. The number of benzene rings is 2. The zero-order valence-corrected chi connectivity index (χ0v) is 22.6. The van der Waals surface area contributed by atoms with E-state index in [1.54, 1.807) is 12.1 Å². The molecule has 6 heteroatoms. The summed E-state index contributed by atoms with van der Waals surface area (Å²) >= 11 is -2.18. The zero-order valence-electron chi connectivity index (χ0n) is 20.3. The standard InChI is InChI=1S/2C13H12NO.C5H5.ClH.Ti/c2*14-12-7-3-1-5-10(12)9-11-6-2-4-8-13(11)15;1-2-4-5-3-1;;/h2*1-9,12,14-15H;1-3H,4H2;1H;/q2*-1;;;+3/p-1. The molecule has 4 N–H and O–H groups in total. The van der Waals surface area contributed by atoms with Crippen molar-refractivity contribution < 1.29 is 41.0 Å². The molecule has 2 atom stereocenters. The molecule has 0 aliphatic heterocycles. The molecule has 0 spiro atoms. The molecule has 3 aliphatic rings. The first-order chi connectivity index (χ1) is 17.7. The van der Waals surface area contributed by atoms with Gasteiger partial charge in [0.2, 0.25) is 0 Å². The number of rotatable bonds is 7. The van der Waals surface area contributed by atoms with Crippen LogP contribution in [0.15, 0.2) is 130 Å². The van der Waals surface area contributed by atoms with Gasteiger partial charge in [0.1, 0.15) is 0 Å². The molecule has 2 aromatic carbocycles. The van der Waals surface area contributed by atoms with Crippen LogP contribution in [0.3, 0.4) is 0 Å². The second-order valence-corrected chi connectivity index (χ2v) is 11.9. The Morgan fingerprint density at radius 2 is 1.22 bits per heavy atom. The Hall–Kier alpha value is -3.12. The first kappa shape index (κ1) is 26.9. The van der Waals surface area contributed by atoms with Crippen molar-refractivity contribution in [1.82, 2.24) is 7.60 Å². The van der Waals surface area contributed by atoms with E-state index in [1.807, 2.05) is 48.6 Å². The molecule has 5 rings (SSSR count). The average Bonchev–Trinajstić information content (AvgIpc) is 3.44. The molecule has 0 saturated heterocycles. The number of para-hydroxylation sites is 2. The summed E-state index contributed by atoms with van der Waals surface area (Å²) in [4.78, 5) is 0. The third-order valence-electron chi connectivity index (χ3n) is 6.33. The summed E-state index contributed by atoms with van der Waals surface area (Å²) < 4.78 is 9.33. The van der Waals surface area contributed by atoms with Gasteiger partial charge in [0.05, 0.1) is 0 Å². The third-order valence-corrected chi connectivity index (χ3v) is 9.79. The summed E-state index contributed by atoms with van der Waals surface area (Å²) in [6.45, 7) is 0. The second-order valence-electron chi connectivity index (χ2n) is 8.84. The minimum absolute atomic E-state index is 0. The number of phenols is 2. The van der Waals surface area contributed by atoms with Gasteiger partial charge in [-0.25, -0.2) is 0 Å². The Morgan fingerprint density at radius 1 is 0.703 bits per heavy atom.